The molecular formula is C12H26N4O2S. The van der Waals surface area contributed by atoms with Crippen LogP contribution in [0.5, 0.6) is 0 Å². The molecule has 112 valence electrons. The molecule has 1 saturated heterocycles. The van der Waals surface area contributed by atoms with Gasteiger partial charge in [0.15, 0.2) is 0 Å². The second-order valence-corrected chi connectivity index (χ2v) is 7.92. The molecule has 19 heavy (non-hydrogen) atoms. The van der Waals surface area contributed by atoms with Crippen molar-refractivity contribution in [1.29, 1.82) is 0 Å². The van der Waals surface area contributed by atoms with Gasteiger partial charge in [0.05, 0.1) is 0 Å². The molecule has 0 radical (unpaired) electrons. The number of piperazine rings is 1. The maximum atomic E-state index is 12.5. The van der Waals surface area contributed by atoms with E-state index in [1.807, 2.05) is 14.1 Å². The predicted molar refractivity (Wildman–Crippen MR) is 76.3 cm³/mol. The first-order valence-corrected chi connectivity index (χ1v) is 8.38. The zero-order valence-electron chi connectivity index (χ0n) is 12.2. The molecule has 2 rings (SSSR count). The van der Waals surface area contributed by atoms with Crippen LogP contribution in [0, 0.1) is 0 Å². The van der Waals surface area contributed by atoms with E-state index in [1.54, 1.807) is 11.4 Å². The first-order chi connectivity index (χ1) is 8.88. The molecule has 0 aromatic carbocycles. The summed E-state index contributed by atoms with van der Waals surface area (Å²) in [4.78, 5) is 2.18. The Morgan fingerprint density at radius 3 is 2.16 bits per heavy atom. The van der Waals surface area contributed by atoms with Crippen LogP contribution in [0.1, 0.15) is 19.3 Å². The lowest BCUT2D eigenvalue weighted by molar-refractivity contribution is 0.0442. The van der Waals surface area contributed by atoms with Gasteiger partial charge in [0.25, 0.3) is 10.2 Å². The molecule has 0 bridgehead atoms. The number of rotatable bonds is 5. The molecule has 6 nitrogen and oxygen atoms in total. The molecule has 0 spiro atoms. The summed E-state index contributed by atoms with van der Waals surface area (Å²) < 4.78 is 28.2. The van der Waals surface area contributed by atoms with Crippen LogP contribution in [0.15, 0.2) is 0 Å². The van der Waals surface area contributed by atoms with E-state index in [-0.39, 0.29) is 5.54 Å². The first-order valence-electron chi connectivity index (χ1n) is 6.98. The highest BCUT2D eigenvalue weighted by Gasteiger charge is 2.42. The standard InChI is InChI=1S/C12H26N4O2S/c1-14(2)12(5-4-6-12)11-15(3)19(17,18)16-9-7-13-8-10-16/h13H,4-11H2,1-3H3. The third kappa shape index (κ3) is 2.95. The van der Waals surface area contributed by atoms with E-state index in [9.17, 15) is 8.42 Å². The van der Waals surface area contributed by atoms with Crippen molar-refractivity contribution in [1.82, 2.24) is 18.8 Å². The quantitative estimate of drug-likeness (QED) is 0.745. The first kappa shape index (κ1) is 15.2. The third-order valence-electron chi connectivity index (χ3n) is 4.55. The largest absolute Gasteiger partial charge is 0.314 e. The lowest BCUT2D eigenvalue weighted by atomic mass is 9.75. The number of likely N-dealkylation sites (N-methyl/N-ethyl adjacent to an activating group) is 2. The van der Waals surface area contributed by atoms with Crippen molar-refractivity contribution in [2.24, 2.45) is 0 Å². The predicted octanol–water partition coefficient (Wildman–Crippen LogP) is -0.447. The summed E-state index contributed by atoms with van der Waals surface area (Å²) in [6.45, 7) is 3.22. The van der Waals surface area contributed by atoms with Crippen molar-refractivity contribution < 1.29 is 8.42 Å². The van der Waals surface area contributed by atoms with E-state index in [4.69, 9.17) is 0 Å². The molecule has 1 saturated carbocycles. The lowest BCUT2D eigenvalue weighted by Crippen LogP contribution is -2.59. The zero-order valence-corrected chi connectivity index (χ0v) is 13.0. The van der Waals surface area contributed by atoms with Crippen LogP contribution in [0.3, 0.4) is 0 Å². The molecule has 2 fully saturated rings. The SMILES string of the molecule is CN(C)C1(CN(C)S(=O)(=O)N2CCNCC2)CCC1. The van der Waals surface area contributed by atoms with Crippen molar-refractivity contribution in [3.8, 4) is 0 Å². The van der Waals surface area contributed by atoms with Gasteiger partial charge in [-0.15, -0.1) is 0 Å². The fourth-order valence-corrected chi connectivity index (χ4v) is 4.34. The molecule has 2 aliphatic rings. The van der Waals surface area contributed by atoms with Crippen molar-refractivity contribution in [3.63, 3.8) is 0 Å². The fourth-order valence-electron chi connectivity index (χ4n) is 2.90. The molecule has 0 amide bonds. The average Bonchev–Trinajstić information content (AvgIpc) is 2.34. The molecule has 0 atom stereocenters. The van der Waals surface area contributed by atoms with Crippen LogP contribution in [0.25, 0.3) is 0 Å². The van der Waals surface area contributed by atoms with Gasteiger partial charge in [-0.2, -0.15) is 17.0 Å². The summed E-state index contributed by atoms with van der Waals surface area (Å²) in [5.41, 5.74) is 0.0376. The molecule has 0 unspecified atom stereocenters. The van der Waals surface area contributed by atoms with Gasteiger partial charge in [0.1, 0.15) is 0 Å². The van der Waals surface area contributed by atoms with Gasteiger partial charge in [-0.3, -0.25) is 0 Å². The monoisotopic (exact) mass is 290 g/mol. The van der Waals surface area contributed by atoms with E-state index in [0.717, 1.165) is 25.9 Å². The second-order valence-electron chi connectivity index (χ2n) is 5.89. The summed E-state index contributed by atoms with van der Waals surface area (Å²) in [6, 6.07) is 0. The van der Waals surface area contributed by atoms with Gasteiger partial charge in [0, 0.05) is 45.3 Å². The number of hydrogen-bond donors (Lipinski definition) is 1. The van der Waals surface area contributed by atoms with E-state index in [2.05, 4.69) is 10.2 Å². The summed E-state index contributed by atoms with van der Waals surface area (Å²) in [5, 5.41) is 3.18. The molecular weight excluding hydrogens is 264 g/mol. The molecule has 7 heteroatoms. The van der Waals surface area contributed by atoms with Crippen LogP contribution >= 0.6 is 0 Å². The summed E-state index contributed by atoms with van der Waals surface area (Å²) in [6.07, 6.45) is 3.36. The summed E-state index contributed by atoms with van der Waals surface area (Å²) in [5.74, 6) is 0. The van der Waals surface area contributed by atoms with Gasteiger partial charge >= 0.3 is 0 Å². The van der Waals surface area contributed by atoms with E-state index >= 15 is 0 Å². The van der Waals surface area contributed by atoms with Crippen LogP contribution in [0.2, 0.25) is 0 Å². The third-order valence-corrected chi connectivity index (χ3v) is 6.48. The van der Waals surface area contributed by atoms with Crippen LogP contribution in [0.4, 0.5) is 0 Å². The normalized spacial score (nSPS) is 24.7. The van der Waals surface area contributed by atoms with Gasteiger partial charge in [-0.1, -0.05) is 0 Å². The fraction of sp³-hybridized carbons (Fsp3) is 1.00. The number of nitrogens with one attached hydrogen (secondary N) is 1. The minimum absolute atomic E-state index is 0.0376. The Bertz CT molecular complexity index is 400. The molecule has 1 N–H and O–H groups in total. The Balaban J connectivity index is 2.03. The van der Waals surface area contributed by atoms with Crippen molar-refractivity contribution >= 4 is 10.2 Å². The van der Waals surface area contributed by atoms with Gasteiger partial charge in [-0.25, -0.2) is 0 Å². The Morgan fingerprint density at radius 2 is 1.74 bits per heavy atom. The lowest BCUT2D eigenvalue weighted by Gasteiger charge is -2.49. The van der Waals surface area contributed by atoms with Gasteiger partial charge < -0.3 is 10.2 Å². The number of hydrogen-bond acceptors (Lipinski definition) is 4. The van der Waals surface area contributed by atoms with Crippen molar-refractivity contribution in [2.45, 2.75) is 24.8 Å². The molecule has 0 aromatic heterocycles. The van der Waals surface area contributed by atoms with E-state index < -0.39 is 10.2 Å². The van der Waals surface area contributed by atoms with Crippen molar-refractivity contribution in [3.05, 3.63) is 0 Å². The maximum absolute atomic E-state index is 12.5. The summed E-state index contributed by atoms with van der Waals surface area (Å²) >= 11 is 0. The highest BCUT2D eigenvalue weighted by atomic mass is 32.2. The van der Waals surface area contributed by atoms with Crippen molar-refractivity contribution in [2.75, 3.05) is 53.9 Å². The molecule has 1 heterocycles. The molecule has 1 aliphatic carbocycles. The highest BCUT2D eigenvalue weighted by molar-refractivity contribution is 7.86. The number of nitrogens with zero attached hydrogens (tertiary/aromatic N) is 3. The topological polar surface area (TPSA) is 55.9 Å². The minimum atomic E-state index is -3.30. The molecule has 0 aromatic rings. The van der Waals surface area contributed by atoms with Gasteiger partial charge in [-0.05, 0) is 33.4 Å². The summed E-state index contributed by atoms with van der Waals surface area (Å²) in [7, 11) is 2.50. The van der Waals surface area contributed by atoms with Crippen LogP contribution in [-0.4, -0.2) is 81.3 Å². The second kappa shape index (κ2) is 5.65. The zero-order chi connectivity index (χ0) is 14.1. The van der Waals surface area contributed by atoms with Gasteiger partial charge in [0.2, 0.25) is 0 Å². The Morgan fingerprint density at radius 1 is 1.16 bits per heavy atom. The van der Waals surface area contributed by atoms with Crippen LogP contribution < -0.4 is 5.32 Å². The highest BCUT2D eigenvalue weighted by Crippen LogP contribution is 2.37. The average molecular weight is 290 g/mol. The van der Waals surface area contributed by atoms with E-state index in [0.29, 0.717) is 19.6 Å². The smallest absolute Gasteiger partial charge is 0.281 e. The Hall–Kier alpha value is -0.210. The van der Waals surface area contributed by atoms with Crippen LogP contribution in [-0.2, 0) is 10.2 Å². The van der Waals surface area contributed by atoms with E-state index in [1.165, 1.54) is 10.7 Å². The Kier molecular flexibility index (Phi) is 4.52. The molecule has 1 aliphatic heterocycles. The maximum Gasteiger partial charge on any atom is 0.281 e. The minimum Gasteiger partial charge on any atom is -0.314 e. The Labute approximate surface area is 116 Å².